The normalized spacial score (nSPS) is 12.4. The molecule has 0 spiro atoms. The fourth-order valence-electron chi connectivity index (χ4n) is 1.78. The highest BCUT2D eigenvalue weighted by atomic mass is 79.9. The Morgan fingerprint density at radius 2 is 1.95 bits per heavy atom. The van der Waals surface area contributed by atoms with Gasteiger partial charge in [0.2, 0.25) is 10.0 Å². The van der Waals surface area contributed by atoms with Gasteiger partial charge < -0.3 is 0 Å². The fourth-order valence-corrected chi connectivity index (χ4v) is 4.05. The van der Waals surface area contributed by atoms with Crippen LogP contribution in [0, 0.1) is 12.8 Å². The van der Waals surface area contributed by atoms with E-state index in [4.69, 9.17) is 11.6 Å². The lowest BCUT2D eigenvalue weighted by Gasteiger charge is -2.20. The second kappa shape index (κ2) is 7.25. The molecular formula is C14H21BrClNO2S. The Kier molecular flexibility index (Phi) is 6.51. The van der Waals surface area contributed by atoms with Crippen molar-refractivity contribution >= 4 is 37.6 Å². The Bertz CT molecular complexity index is 573. The van der Waals surface area contributed by atoms with Gasteiger partial charge in [-0.05, 0) is 42.5 Å². The summed E-state index contributed by atoms with van der Waals surface area (Å²) in [7, 11) is -1.85. The third-order valence-electron chi connectivity index (χ3n) is 3.22. The van der Waals surface area contributed by atoms with Crippen molar-refractivity contribution in [2.75, 3.05) is 13.6 Å². The number of sulfonamides is 1. The van der Waals surface area contributed by atoms with Gasteiger partial charge in [-0.1, -0.05) is 29.8 Å². The van der Waals surface area contributed by atoms with E-state index in [1.54, 1.807) is 20.0 Å². The molecule has 0 aliphatic rings. The molecule has 1 rings (SSSR count). The van der Waals surface area contributed by atoms with Crippen LogP contribution in [-0.2, 0) is 15.9 Å². The minimum Gasteiger partial charge on any atom is -0.207 e. The molecule has 0 aliphatic heterocycles. The summed E-state index contributed by atoms with van der Waals surface area (Å²) in [4.78, 5) is 0.328. The number of nitrogens with zero attached hydrogens (tertiary/aromatic N) is 1. The van der Waals surface area contributed by atoms with Crippen molar-refractivity contribution in [1.29, 1.82) is 0 Å². The molecule has 0 saturated carbocycles. The lowest BCUT2D eigenvalue weighted by atomic mass is 10.1. The van der Waals surface area contributed by atoms with Crippen molar-refractivity contribution < 1.29 is 8.42 Å². The molecule has 0 aliphatic carbocycles. The van der Waals surface area contributed by atoms with E-state index >= 15 is 0 Å². The highest BCUT2D eigenvalue weighted by Crippen LogP contribution is 2.28. The van der Waals surface area contributed by atoms with Gasteiger partial charge in [-0.2, -0.15) is 0 Å². The summed E-state index contributed by atoms with van der Waals surface area (Å²) in [6, 6.07) is 3.52. The molecule has 0 radical (unpaired) electrons. The minimum absolute atomic E-state index is 0.289. The molecule has 1 aromatic rings. The van der Waals surface area contributed by atoms with Gasteiger partial charge >= 0.3 is 0 Å². The molecule has 0 amide bonds. The highest BCUT2D eigenvalue weighted by molar-refractivity contribution is 9.10. The van der Waals surface area contributed by atoms with E-state index in [0.29, 0.717) is 17.4 Å². The van der Waals surface area contributed by atoms with Crippen molar-refractivity contribution in [2.45, 2.75) is 38.0 Å². The zero-order valence-corrected chi connectivity index (χ0v) is 15.4. The molecule has 0 saturated heterocycles. The van der Waals surface area contributed by atoms with Crippen molar-refractivity contribution in [1.82, 2.24) is 4.31 Å². The molecule has 0 bridgehead atoms. The number of hydrogen-bond acceptors (Lipinski definition) is 2. The van der Waals surface area contributed by atoms with Crippen molar-refractivity contribution in [3.8, 4) is 0 Å². The molecule has 6 heteroatoms. The zero-order valence-electron chi connectivity index (χ0n) is 12.3. The van der Waals surface area contributed by atoms with Crippen LogP contribution in [0.3, 0.4) is 0 Å². The first-order chi connectivity index (χ1) is 9.20. The van der Waals surface area contributed by atoms with E-state index in [1.807, 2.05) is 6.07 Å². The summed E-state index contributed by atoms with van der Waals surface area (Å²) in [5, 5.41) is 0. The Balaban J connectivity index is 3.18. The molecule has 20 heavy (non-hydrogen) atoms. The Labute approximate surface area is 135 Å². The molecule has 0 heterocycles. The van der Waals surface area contributed by atoms with Gasteiger partial charge in [-0.25, -0.2) is 12.7 Å². The molecule has 0 fully saturated rings. The molecule has 0 aromatic heterocycles. The smallest absolute Gasteiger partial charge is 0.207 e. The van der Waals surface area contributed by atoms with Gasteiger partial charge in [0.25, 0.3) is 0 Å². The lowest BCUT2D eigenvalue weighted by Crippen LogP contribution is -2.29. The number of benzene rings is 1. The van der Waals surface area contributed by atoms with Crippen LogP contribution in [0.5, 0.6) is 0 Å². The minimum atomic E-state index is -3.48. The van der Waals surface area contributed by atoms with Gasteiger partial charge in [0.1, 0.15) is 0 Å². The average Bonchev–Trinajstić information content (AvgIpc) is 2.38. The van der Waals surface area contributed by atoms with Gasteiger partial charge in [-0.15, -0.1) is 11.6 Å². The number of hydrogen-bond donors (Lipinski definition) is 0. The van der Waals surface area contributed by atoms with E-state index in [2.05, 4.69) is 29.8 Å². The van der Waals surface area contributed by atoms with E-state index in [1.165, 1.54) is 4.31 Å². The first-order valence-electron chi connectivity index (χ1n) is 6.51. The average molecular weight is 383 g/mol. The lowest BCUT2D eigenvalue weighted by molar-refractivity contribution is 0.427. The van der Waals surface area contributed by atoms with Crippen LogP contribution in [0.25, 0.3) is 0 Å². The van der Waals surface area contributed by atoms with Gasteiger partial charge in [-0.3, -0.25) is 0 Å². The van der Waals surface area contributed by atoms with E-state index in [-0.39, 0.29) is 5.88 Å². The first kappa shape index (κ1) is 18.0. The van der Waals surface area contributed by atoms with Crippen molar-refractivity contribution in [3.63, 3.8) is 0 Å². The van der Waals surface area contributed by atoms with Crippen molar-refractivity contribution in [2.24, 2.45) is 5.92 Å². The Morgan fingerprint density at radius 1 is 1.35 bits per heavy atom. The second-order valence-electron chi connectivity index (χ2n) is 5.34. The van der Waals surface area contributed by atoms with E-state index < -0.39 is 10.0 Å². The monoisotopic (exact) mass is 381 g/mol. The summed E-state index contributed by atoms with van der Waals surface area (Å²) in [6.45, 7) is 6.47. The molecule has 3 nitrogen and oxygen atoms in total. The van der Waals surface area contributed by atoms with Crippen LogP contribution in [0.1, 0.15) is 31.4 Å². The predicted octanol–water partition coefficient (Wildman–Crippen LogP) is 4.16. The van der Waals surface area contributed by atoms with E-state index in [0.717, 1.165) is 22.0 Å². The van der Waals surface area contributed by atoms with Crippen LogP contribution in [0.4, 0.5) is 0 Å². The van der Waals surface area contributed by atoms with Gasteiger partial charge in [0.05, 0.1) is 4.90 Å². The standard InChI is InChI=1S/C14H21BrClNO2S/c1-10(2)5-6-17(4)20(18,19)14-8-12(9-16)7-13(15)11(14)3/h7-8,10H,5-6,9H2,1-4H3. The molecule has 0 N–H and O–H groups in total. The van der Waals surface area contributed by atoms with E-state index in [9.17, 15) is 8.42 Å². The number of alkyl halides is 1. The maximum atomic E-state index is 12.6. The topological polar surface area (TPSA) is 37.4 Å². The highest BCUT2D eigenvalue weighted by Gasteiger charge is 2.24. The van der Waals surface area contributed by atoms with Gasteiger partial charge in [0.15, 0.2) is 0 Å². The molecule has 1 aromatic carbocycles. The van der Waals surface area contributed by atoms with Crippen LogP contribution < -0.4 is 0 Å². The number of rotatable bonds is 6. The fraction of sp³-hybridized carbons (Fsp3) is 0.571. The van der Waals surface area contributed by atoms with Crippen LogP contribution in [0.15, 0.2) is 21.5 Å². The SMILES string of the molecule is Cc1c(Br)cc(CCl)cc1S(=O)(=O)N(C)CCC(C)C. The maximum Gasteiger partial charge on any atom is 0.243 e. The largest absolute Gasteiger partial charge is 0.243 e. The summed E-state index contributed by atoms with van der Waals surface area (Å²) >= 11 is 9.23. The third kappa shape index (κ3) is 4.20. The maximum absolute atomic E-state index is 12.6. The van der Waals surface area contributed by atoms with Crippen LogP contribution >= 0.6 is 27.5 Å². The van der Waals surface area contributed by atoms with Crippen LogP contribution in [-0.4, -0.2) is 26.3 Å². The number of halogens is 2. The molecule has 114 valence electrons. The Hall–Kier alpha value is -0.100. The summed E-state index contributed by atoms with van der Waals surface area (Å²) < 4.78 is 27.5. The quantitative estimate of drug-likeness (QED) is 0.693. The van der Waals surface area contributed by atoms with Gasteiger partial charge in [0, 0.05) is 23.9 Å². The Morgan fingerprint density at radius 3 is 2.45 bits per heavy atom. The zero-order chi connectivity index (χ0) is 15.5. The predicted molar refractivity (Wildman–Crippen MR) is 87.7 cm³/mol. The third-order valence-corrected chi connectivity index (χ3v) is 6.34. The molecule has 0 unspecified atom stereocenters. The summed E-state index contributed by atoms with van der Waals surface area (Å²) in [5.41, 5.74) is 1.51. The second-order valence-corrected chi connectivity index (χ2v) is 8.48. The summed E-state index contributed by atoms with van der Waals surface area (Å²) in [5.74, 6) is 0.756. The first-order valence-corrected chi connectivity index (χ1v) is 9.28. The van der Waals surface area contributed by atoms with Crippen molar-refractivity contribution in [3.05, 3.63) is 27.7 Å². The molecule has 0 atom stereocenters. The summed E-state index contributed by atoms with van der Waals surface area (Å²) in [6.07, 6.45) is 0.838. The molecular weight excluding hydrogens is 362 g/mol. The van der Waals surface area contributed by atoms with Crippen LogP contribution in [0.2, 0.25) is 0 Å².